The Labute approximate surface area is 124 Å². The summed E-state index contributed by atoms with van der Waals surface area (Å²) < 4.78 is 13.4. The molecule has 0 heterocycles. The van der Waals surface area contributed by atoms with Crippen LogP contribution in [0, 0.1) is 5.82 Å². The van der Waals surface area contributed by atoms with Gasteiger partial charge >= 0.3 is 0 Å². The van der Waals surface area contributed by atoms with Crippen LogP contribution in [0.15, 0.2) is 24.3 Å². The quantitative estimate of drug-likeness (QED) is 0.907. The summed E-state index contributed by atoms with van der Waals surface area (Å²) in [6, 6.07) is 6.31. The Morgan fingerprint density at radius 3 is 2.57 bits per heavy atom. The number of halogens is 1. The number of carbonyl (C=O) groups is 2. The van der Waals surface area contributed by atoms with Gasteiger partial charge in [0.05, 0.1) is 5.69 Å². The van der Waals surface area contributed by atoms with Gasteiger partial charge in [0.2, 0.25) is 11.8 Å². The van der Waals surface area contributed by atoms with E-state index in [-0.39, 0.29) is 30.0 Å². The Morgan fingerprint density at radius 1 is 1.29 bits per heavy atom. The van der Waals surface area contributed by atoms with Crippen molar-refractivity contribution in [3.8, 4) is 0 Å². The lowest BCUT2D eigenvalue weighted by Crippen LogP contribution is -2.39. The molecule has 1 N–H and O–H groups in total. The lowest BCUT2D eigenvalue weighted by Gasteiger charge is -2.27. The van der Waals surface area contributed by atoms with E-state index in [0.29, 0.717) is 6.54 Å². The summed E-state index contributed by atoms with van der Waals surface area (Å²) in [5.41, 5.74) is 0.178. The topological polar surface area (TPSA) is 49.4 Å². The maximum absolute atomic E-state index is 13.4. The molecular formula is C16H21FN2O2. The van der Waals surface area contributed by atoms with Gasteiger partial charge < -0.3 is 10.2 Å². The fraction of sp³-hybridized carbons (Fsp3) is 0.500. The molecule has 2 rings (SSSR count). The molecule has 0 aromatic heterocycles. The number of benzene rings is 1. The van der Waals surface area contributed by atoms with Crippen LogP contribution in [0.3, 0.4) is 0 Å². The van der Waals surface area contributed by atoms with Crippen LogP contribution in [0.1, 0.15) is 39.0 Å². The molecule has 2 amide bonds. The molecule has 114 valence electrons. The van der Waals surface area contributed by atoms with E-state index in [1.807, 2.05) is 0 Å². The van der Waals surface area contributed by atoms with Crippen molar-refractivity contribution < 1.29 is 14.0 Å². The molecule has 1 aromatic carbocycles. The largest absolute Gasteiger partial charge is 0.339 e. The second-order valence-electron chi connectivity index (χ2n) is 5.43. The maximum atomic E-state index is 13.4. The van der Waals surface area contributed by atoms with E-state index in [2.05, 4.69) is 5.32 Å². The Hall–Kier alpha value is -1.91. The molecule has 0 atom stereocenters. The van der Waals surface area contributed by atoms with E-state index in [1.54, 1.807) is 17.0 Å². The Balaban J connectivity index is 1.87. The van der Waals surface area contributed by atoms with E-state index in [0.717, 1.165) is 25.7 Å². The van der Waals surface area contributed by atoms with Gasteiger partial charge in [0.1, 0.15) is 5.82 Å². The van der Waals surface area contributed by atoms with E-state index < -0.39 is 5.82 Å². The van der Waals surface area contributed by atoms with Gasteiger partial charge in [0.15, 0.2) is 0 Å². The molecule has 1 aliphatic rings. The smallest absolute Gasteiger partial charge is 0.226 e. The summed E-state index contributed by atoms with van der Waals surface area (Å²) in [5, 5.41) is 2.54. The van der Waals surface area contributed by atoms with Crippen LogP contribution in [-0.2, 0) is 9.59 Å². The summed E-state index contributed by atoms with van der Waals surface area (Å²) in [6.45, 7) is 1.92. The second-order valence-corrected chi connectivity index (χ2v) is 5.43. The van der Waals surface area contributed by atoms with E-state index in [9.17, 15) is 14.0 Å². The number of carbonyl (C=O) groups excluding carboxylic acids is 2. The molecule has 0 spiro atoms. The first-order valence-corrected chi connectivity index (χ1v) is 7.39. The summed E-state index contributed by atoms with van der Waals surface area (Å²) >= 11 is 0. The van der Waals surface area contributed by atoms with Crippen LogP contribution in [0.25, 0.3) is 0 Å². The normalized spacial score (nSPS) is 15.0. The molecule has 0 radical (unpaired) electrons. The third kappa shape index (κ3) is 4.28. The third-order valence-electron chi connectivity index (χ3n) is 3.90. The van der Waals surface area contributed by atoms with Crippen LogP contribution in [0.4, 0.5) is 10.1 Å². The number of hydrogen-bond donors (Lipinski definition) is 1. The predicted molar refractivity (Wildman–Crippen MR) is 79.3 cm³/mol. The van der Waals surface area contributed by atoms with Crippen LogP contribution in [-0.4, -0.2) is 29.3 Å². The molecule has 1 fully saturated rings. The zero-order chi connectivity index (χ0) is 15.2. The van der Waals surface area contributed by atoms with Gasteiger partial charge in [-0.2, -0.15) is 0 Å². The monoisotopic (exact) mass is 292 g/mol. The van der Waals surface area contributed by atoms with E-state index >= 15 is 0 Å². The van der Waals surface area contributed by atoms with Gasteiger partial charge in [-0.1, -0.05) is 25.0 Å². The molecule has 4 nitrogen and oxygen atoms in total. The van der Waals surface area contributed by atoms with Crippen molar-refractivity contribution in [2.45, 2.75) is 45.1 Å². The highest BCUT2D eigenvalue weighted by Gasteiger charge is 2.24. The van der Waals surface area contributed by atoms with Crippen molar-refractivity contribution in [3.05, 3.63) is 30.1 Å². The SMILES string of the molecule is CC(=O)N(CCC(=O)Nc1ccccc1F)C1CCCC1. The number of rotatable bonds is 5. The summed E-state index contributed by atoms with van der Waals surface area (Å²) in [6.07, 6.45) is 4.47. The van der Waals surface area contributed by atoms with Gasteiger partial charge in [0, 0.05) is 25.9 Å². The van der Waals surface area contributed by atoms with Gasteiger partial charge in [-0.15, -0.1) is 0 Å². The average molecular weight is 292 g/mol. The minimum Gasteiger partial charge on any atom is -0.339 e. The zero-order valence-electron chi connectivity index (χ0n) is 12.3. The molecule has 0 saturated heterocycles. The molecule has 5 heteroatoms. The summed E-state index contributed by atoms with van der Waals surface area (Å²) in [4.78, 5) is 25.4. The number of anilines is 1. The van der Waals surface area contributed by atoms with Crippen molar-refractivity contribution in [1.82, 2.24) is 4.90 Å². The Morgan fingerprint density at radius 2 is 1.95 bits per heavy atom. The van der Waals surface area contributed by atoms with Crippen molar-refractivity contribution in [3.63, 3.8) is 0 Å². The van der Waals surface area contributed by atoms with Crippen molar-refractivity contribution >= 4 is 17.5 Å². The molecule has 1 aliphatic carbocycles. The van der Waals surface area contributed by atoms with Crippen LogP contribution in [0.5, 0.6) is 0 Å². The molecular weight excluding hydrogens is 271 g/mol. The summed E-state index contributed by atoms with van der Waals surface area (Å²) in [5.74, 6) is -0.727. The van der Waals surface area contributed by atoms with E-state index in [4.69, 9.17) is 0 Å². The standard InChI is InChI=1S/C16H21FN2O2/c1-12(20)19(13-6-2-3-7-13)11-10-16(21)18-15-9-5-4-8-14(15)17/h4-5,8-9,13H,2-3,6-7,10-11H2,1H3,(H,18,21). The number of para-hydroxylation sites is 1. The fourth-order valence-corrected chi connectivity index (χ4v) is 2.81. The fourth-order valence-electron chi connectivity index (χ4n) is 2.81. The van der Waals surface area contributed by atoms with Crippen LogP contribution < -0.4 is 5.32 Å². The lowest BCUT2D eigenvalue weighted by atomic mass is 10.2. The molecule has 1 saturated carbocycles. The average Bonchev–Trinajstić information content (AvgIpc) is 2.95. The molecule has 21 heavy (non-hydrogen) atoms. The lowest BCUT2D eigenvalue weighted by molar-refractivity contribution is -0.131. The second kappa shape index (κ2) is 7.20. The summed E-state index contributed by atoms with van der Waals surface area (Å²) in [7, 11) is 0. The highest BCUT2D eigenvalue weighted by Crippen LogP contribution is 2.23. The maximum Gasteiger partial charge on any atom is 0.226 e. The highest BCUT2D eigenvalue weighted by atomic mass is 19.1. The van der Waals surface area contributed by atoms with Crippen molar-refractivity contribution in [2.24, 2.45) is 0 Å². The van der Waals surface area contributed by atoms with Gasteiger partial charge in [-0.05, 0) is 25.0 Å². The predicted octanol–water partition coefficient (Wildman–Crippen LogP) is 2.95. The first-order valence-electron chi connectivity index (χ1n) is 7.39. The number of nitrogens with one attached hydrogen (secondary N) is 1. The molecule has 0 bridgehead atoms. The minimum atomic E-state index is -0.454. The highest BCUT2D eigenvalue weighted by molar-refractivity contribution is 5.91. The first-order chi connectivity index (χ1) is 10.1. The van der Waals surface area contributed by atoms with Gasteiger partial charge in [0.25, 0.3) is 0 Å². The minimum absolute atomic E-state index is 0.000548. The van der Waals surface area contributed by atoms with Crippen molar-refractivity contribution in [1.29, 1.82) is 0 Å². The molecule has 0 aliphatic heterocycles. The number of nitrogens with zero attached hydrogens (tertiary/aromatic N) is 1. The number of amides is 2. The Kier molecular flexibility index (Phi) is 5.31. The van der Waals surface area contributed by atoms with Crippen LogP contribution in [0.2, 0.25) is 0 Å². The molecule has 0 unspecified atom stereocenters. The van der Waals surface area contributed by atoms with Gasteiger partial charge in [-0.25, -0.2) is 4.39 Å². The first kappa shape index (κ1) is 15.5. The number of hydrogen-bond acceptors (Lipinski definition) is 2. The van der Waals surface area contributed by atoms with Gasteiger partial charge in [-0.3, -0.25) is 9.59 Å². The third-order valence-corrected chi connectivity index (χ3v) is 3.90. The van der Waals surface area contributed by atoms with E-state index in [1.165, 1.54) is 19.1 Å². The zero-order valence-corrected chi connectivity index (χ0v) is 12.3. The molecule has 1 aromatic rings. The van der Waals surface area contributed by atoms with Crippen molar-refractivity contribution in [2.75, 3.05) is 11.9 Å². The van der Waals surface area contributed by atoms with Crippen LogP contribution >= 0.6 is 0 Å². The Bertz CT molecular complexity index is 513.